The largest absolute Gasteiger partial charge is 0.484 e. The van der Waals surface area contributed by atoms with Gasteiger partial charge in [-0.15, -0.1) is 0 Å². The van der Waals surface area contributed by atoms with E-state index in [1.165, 1.54) is 18.9 Å². The Balaban J connectivity index is 1.74. The van der Waals surface area contributed by atoms with Crippen molar-refractivity contribution in [3.05, 3.63) is 65.2 Å². The Labute approximate surface area is 157 Å². The zero-order valence-corrected chi connectivity index (χ0v) is 15.3. The summed E-state index contributed by atoms with van der Waals surface area (Å²) in [6, 6.07) is 13.7. The molecule has 0 aliphatic carbocycles. The number of hydrogen-bond donors (Lipinski definition) is 0. The van der Waals surface area contributed by atoms with E-state index in [0.29, 0.717) is 24.3 Å². The predicted octanol–water partition coefficient (Wildman–Crippen LogP) is 2.39. The van der Waals surface area contributed by atoms with E-state index in [9.17, 15) is 14.4 Å². The molecule has 0 N–H and O–H groups in total. The average molecular weight is 367 g/mol. The molecule has 1 unspecified atom stereocenters. The van der Waals surface area contributed by atoms with Gasteiger partial charge in [0.1, 0.15) is 11.8 Å². The lowest BCUT2D eigenvalue weighted by Crippen LogP contribution is -2.50. The molecule has 27 heavy (non-hydrogen) atoms. The van der Waals surface area contributed by atoms with Gasteiger partial charge in [-0.05, 0) is 30.2 Å². The van der Waals surface area contributed by atoms with Crippen molar-refractivity contribution in [2.45, 2.75) is 25.9 Å². The van der Waals surface area contributed by atoms with E-state index < -0.39 is 12.0 Å². The molecule has 0 fully saturated rings. The van der Waals surface area contributed by atoms with Crippen LogP contribution < -0.4 is 4.74 Å². The van der Waals surface area contributed by atoms with Gasteiger partial charge in [0.2, 0.25) is 0 Å². The van der Waals surface area contributed by atoms with Crippen LogP contribution in [0.15, 0.2) is 48.5 Å². The van der Waals surface area contributed by atoms with Crippen LogP contribution in [0.1, 0.15) is 28.4 Å². The van der Waals surface area contributed by atoms with E-state index in [-0.39, 0.29) is 18.3 Å². The summed E-state index contributed by atoms with van der Waals surface area (Å²) in [5, 5.41) is 0. The van der Waals surface area contributed by atoms with Gasteiger partial charge in [0.15, 0.2) is 12.4 Å². The second kappa shape index (κ2) is 8.03. The van der Waals surface area contributed by atoms with Crippen molar-refractivity contribution in [2.75, 3.05) is 13.7 Å². The topological polar surface area (TPSA) is 72.9 Å². The number of ketones is 1. The maximum atomic E-state index is 12.8. The van der Waals surface area contributed by atoms with E-state index >= 15 is 0 Å². The lowest BCUT2D eigenvalue weighted by Gasteiger charge is -2.35. The van der Waals surface area contributed by atoms with Gasteiger partial charge in [0.25, 0.3) is 5.91 Å². The molecule has 1 heterocycles. The highest BCUT2D eigenvalue weighted by atomic mass is 16.5. The SMILES string of the molecule is COC(=O)C1Cc2ccccc2CN1C(=O)COc1cccc(C(C)=O)c1. The summed E-state index contributed by atoms with van der Waals surface area (Å²) >= 11 is 0. The fourth-order valence-electron chi connectivity index (χ4n) is 3.16. The number of ether oxygens (including phenoxy) is 2. The Morgan fingerprint density at radius 1 is 1.07 bits per heavy atom. The number of esters is 1. The quantitative estimate of drug-likeness (QED) is 0.599. The van der Waals surface area contributed by atoms with Crippen molar-refractivity contribution >= 4 is 17.7 Å². The summed E-state index contributed by atoms with van der Waals surface area (Å²) in [6.07, 6.45) is 0.411. The van der Waals surface area contributed by atoms with Crippen molar-refractivity contribution in [3.8, 4) is 5.75 Å². The van der Waals surface area contributed by atoms with E-state index in [0.717, 1.165) is 11.1 Å². The third-order valence-corrected chi connectivity index (χ3v) is 4.65. The molecule has 0 bridgehead atoms. The number of nitrogens with zero attached hydrogens (tertiary/aromatic N) is 1. The molecule has 0 saturated heterocycles. The van der Waals surface area contributed by atoms with Crippen LogP contribution in [0, 0.1) is 0 Å². The molecule has 0 aromatic heterocycles. The number of carbonyl (C=O) groups is 3. The van der Waals surface area contributed by atoms with Crippen LogP contribution in [0.25, 0.3) is 0 Å². The van der Waals surface area contributed by atoms with Gasteiger partial charge in [-0.2, -0.15) is 0 Å². The Morgan fingerprint density at radius 3 is 2.52 bits per heavy atom. The molecule has 6 heteroatoms. The minimum atomic E-state index is -0.676. The second-order valence-electron chi connectivity index (χ2n) is 6.41. The van der Waals surface area contributed by atoms with Gasteiger partial charge in [-0.1, -0.05) is 36.4 Å². The van der Waals surface area contributed by atoms with Crippen LogP contribution in [0.2, 0.25) is 0 Å². The van der Waals surface area contributed by atoms with Crippen LogP contribution in [-0.2, 0) is 27.3 Å². The summed E-state index contributed by atoms with van der Waals surface area (Å²) in [5.74, 6) is -0.405. The van der Waals surface area contributed by atoms with Crippen LogP contribution >= 0.6 is 0 Å². The first kappa shape index (κ1) is 18.6. The number of rotatable bonds is 5. The zero-order chi connectivity index (χ0) is 19.4. The van der Waals surface area contributed by atoms with Gasteiger partial charge in [0.05, 0.1) is 7.11 Å². The Bertz CT molecular complexity index is 876. The van der Waals surface area contributed by atoms with E-state index in [1.54, 1.807) is 24.3 Å². The predicted molar refractivity (Wildman–Crippen MR) is 98.4 cm³/mol. The molecule has 0 radical (unpaired) electrons. The molecule has 2 aromatic carbocycles. The number of benzene rings is 2. The van der Waals surface area contributed by atoms with Crippen LogP contribution in [-0.4, -0.2) is 42.3 Å². The van der Waals surface area contributed by atoms with Crippen LogP contribution in [0.3, 0.4) is 0 Å². The Hall–Kier alpha value is -3.15. The standard InChI is InChI=1S/C21H21NO5/c1-14(23)15-8-5-9-18(10-15)27-13-20(24)22-12-17-7-4-3-6-16(17)11-19(22)21(25)26-2/h3-10,19H,11-13H2,1-2H3. The molecule has 2 aromatic rings. The molecule has 1 amide bonds. The van der Waals surface area contributed by atoms with Gasteiger partial charge in [-0.3, -0.25) is 9.59 Å². The first-order valence-electron chi connectivity index (χ1n) is 8.67. The first-order chi connectivity index (χ1) is 13.0. The van der Waals surface area contributed by atoms with Crippen molar-refractivity contribution in [2.24, 2.45) is 0 Å². The molecule has 6 nitrogen and oxygen atoms in total. The molecule has 140 valence electrons. The van der Waals surface area contributed by atoms with E-state index in [4.69, 9.17) is 9.47 Å². The molecule has 1 aliphatic rings. The number of methoxy groups -OCH3 is 1. The van der Waals surface area contributed by atoms with Crippen molar-refractivity contribution < 1.29 is 23.9 Å². The highest BCUT2D eigenvalue weighted by Crippen LogP contribution is 2.24. The normalized spacial score (nSPS) is 15.6. The summed E-state index contributed by atoms with van der Waals surface area (Å²) in [6.45, 7) is 1.57. The molecule has 1 atom stereocenters. The number of fused-ring (bicyclic) bond motifs is 1. The molecule has 3 rings (SSSR count). The molecule has 0 saturated carbocycles. The molecule has 0 spiro atoms. The summed E-state index contributed by atoms with van der Waals surface area (Å²) < 4.78 is 10.4. The highest BCUT2D eigenvalue weighted by molar-refractivity contribution is 5.94. The summed E-state index contributed by atoms with van der Waals surface area (Å²) in [5.41, 5.74) is 2.55. The van der Waals surface area contributed by atoms with Gasteiger partial charge in [0, 0.05) is 18.5 Å². The number of carbonyl (C=O) groups excluding carboxylic acids is 3. The zero-order valence-electron chi connectivity index (χ0n) is 15.3. The maximum Gasteiger partial charge on any atom is 0.328 e. The lowest BCUT2D eigenvalue weighted by atomic mass is 9.94. The fourth-order valence-corrected chi connectivity index (χ4v) is 3.16. The van der Waals surface area contributed by atoms with E-state index in [2.05, 4.69) is 0 Å². The van der Waals surface area contributed by atoms with Crippen LogP contribution in [0.4, 0.5) is 0 Å². The highest BCUT2D eigenvalue weighted by Gasteiger charge is 2.35. The molecule has 1 aliphatic heterocycles. The second-order valence-corrected chi connectivity index (χ2v) is 6.41. The number of Topliss-reactive ketones (excluding diaryl/α,β-unsaturated/α-hetero) is 1. The fraction of sp³-hybridized carbons (Fsp3) is 0.286. The third kappa shape index (κ3) is 4.16. The van der Waals surface area contributed by atoms with Crippen molar-refractivity contribution in [1.29, 1.82) is 0 Å². The maximum absolute atomic E-state index is 12.8. The van der Waals surface area contributed by atoms with E-state index in [1.807, 2.05) is 24.3 Å². The van der Waals surface area contributed by atoms with Gasteiger partial charge >= 0.3 is 5.97 Å². The monoisotopic (exact) mass is 367 g/mol. The third-order valence-electron chi connectivity index (χ3n) is 4.65. The minimum absolute atomic E-state index is 0.0785. The van der Waals surface area contributed by atoms with Crippen molar-refractivity contribution in [3.63, 3.8) is 0 Å². The lowest BCUT2D eigenvalue weighted by molar-refractivity contribution is -0.154. The number of hydrogen-bond acceptors (Lipinski definition) is 5. The summed E-state index contributed by atoms with van der Waals surface area (Å²) in [7, 11) is 1.31. The molecular weight excluding hydrogens is 346 g/mol. The van der Waals surface area contributed by atoms with Crippen molar-refractivity contribution in [1.82, 2.24) is 4.90 Å². The van der Waals surface area contributed by atoms with Gasteiger partial charge in [-0.25, -0.2) is 4.79 Å². The Kier molecular flexibility index (Phi) is 5.54. The average Bonchev–Trinajstić information content (AvgIpc) is 2.70. The molecular formula is C21H21NO5. The number of amides is 1. The van der Waals surface area contributed by atoms with Crippen LogP contribution in [0.5, 0.6) is 5.75 Å². The smallest absolute Gasteiger partial charge is 0.328 e. The Morgan fingerprint density at radius 2 is 1.81 bits per heavy atom. The first-order valence-corrected chi connectivity index (χ1v) is 8.67. The summed E-state index contributed by atoms with van der Waals surface area (Å²) in [4.78, 5) is 37.9. The van der Waals surface area contributed by atoms with Gasteiger partial charge < -0.3 is 14.4 Å². The minimum Gasteiger partial charge on any atom is -0.484 e.